The van der Waals surface area contributed by atoms with Crippen LogP contribution in [0.4, 0.5) is 10.5 Å². The Hall–Kier alpha value is -4.55. The molecule has 2 rings (SSSR count). The second-order valence-electron chi connectivity index (χ2n) is 12.7. The van der Waals surface area contributed by atoms with E-state index in [2.05, 4.69) is 21.3 Å². The van der Waals surface area contributed by atoms with Crippen LogP contribution in [0, 0.1) is 17.3 Å². The van der Waals surface area contributed by atoms with Gasteiger partial charge in [0.2, 0.25) is 17.7 Å². The summed E-state index contributed by atoms with van der Waals surface area (Å²) in [6.45, 7) is 9.08. The monoisotopic (exact) mass is 641 g/mol. The van der Waals surface area contributed by atoms with Gasteiger partial charge in [-0.05, 0) is 82.2 Å². The van der Waals surface area contributed by atoms with Crippen molar-refractivity contribution in [2.75, 3.05) is 11.9 Å². The van der Waals surface area contributed by atoms with Crippen LogP contribution in [0.5, 0.6) is 0 Å². The molecular weight excluding hydrogens is 594 g/mol. The first-order valence-electron chi connectivity index (χ1n) is 15.5. The Morgan fingerprint density at radius 1 is 0.891 bits per heavy atom. The number of amides is 5. The molecule has 6 N–H and O–H groups in total. The van der Waals surface area contributed by atoms with E-state index in [4.69, 9.17) is 10.5 Å². The highest BCUT2D eigenvalue weighted by molar-refractivity contribution is 6.18. The third-order valence-electron chi connectivity index (χ3n) is 7.32. The van der Waals surface area contributed by atoms with Gasteiger partial charge in [-0.1, -0.05) is 32.4 Å². The quantitative estimate of drug-likeness (QED) is 0.0970. The van der Waals surface area contributed by atoms with Crippen molar-refractivity contribution in [1.29, 1.82) is 0 Å². The van der Waals surface area contributed by atoms with Gasteiger partial charge in [-0.25, -0.2) is 4.79 Å². The minimum Gasteiger partial charge on any atom is -0.460 e. The predicted molar refractivity (Wildman–Crippen MR) is 171 cm³/mol. The van der Waals surface area contributed by atoms with E-state index in [-0.39, 0.29) is 55.4 Å². The first-order valence-corrected chi connectivity index (χ1v) is 15.5. The molecule has 5 amide bonds. The smallest absolute Gasteiger partial charge is 0.312 e. The standard InChI is InChI=1S/C33H47N5O8/c1-20(2)28(38-27(41)11-7-6-9-23-25(39)16-17-26(23)40)30(43)37-24(10-8-18-35-32(34)45)29(42)36-22-14-12-21(13-15-22)19-46-31(44)33(3,4)5/h12-17,20,23-24,28H,6-11,18-19H2,1-5H3,(H,36,42)(H,37,43)(H,38,41)(H3,34,35,45)/t24-,28-/m1/s1. The van der Waals surface area contributed by atoms with E-state index >= 15 is 0 Å². The van der Waals surface area contributed by atoms with E-state index in [0.29, 0.717) is 31.4 Å². The number of primary amides is 1. The van der Waals surface area contributed by atoms with Crippen LogP contribution in [0.3, 0.4) is 0 Å². The number of nitrogens with one attached hydrogen (secondary N) is 4. The second kappa shape index (κ2) is 17.8. The largest absolute Gasteiger partial charge is 0.460 e. The number of ketones is 2. The average Bonchev–Trinajstić information content (AvgIpc) is 3.30. The molecule has 0 unspecified atom stereocenters. The van der Waals surface area contributed by atoms with Gasteiger partial charge < -0.3 is 31.7 Å². The number of rotatable bonds is 17. The molecule has 46 heavy (non-hydrogen) atoms. The van der Waals surface area contributed by atoms with Gasteiger partial charge in [-0.15, -0.1) is 0 Å². The maximum absolute atomic E-state index is 13.3. The Balaban J connectivity index is 1.98. The van der Waals surface area contributed by atoms with Crippen molar-refractivity contribution in [2.24, 2.45) is 23.0 Å². The van der Waals surface area contributed by atoms with Crippen LogP contribution in [0.2, 0.25) is 0 Å². The first-order chi connectivity index (χ1) is 21.6. The summed E-state index contributed by atoms with van der Waals surface area (Å²) in [4.78, 5) is 85.9. The third kappa shape index (κ3) is 12.8. The summed E-state index contributed by atoms with van der Waals surface area (Å²) < 4.78 is 5.32. The fourth-order valence-electron chi connectivity index (χ4n) is 4.56. The van der Waals surface area contributed by atoms with Gasteiger partial charge in [-0.2, -0.15) is 0 Å². The molecule has 0 heterocycles. The number of carbonyl (C=O) groups is 7. The van der Waals surface area contributed by atoms with Crippen molar-refractivity contribution in [1.82, 2.24) is 16.0 Å². The highest BCUT2D eigenvalue weighted by Crippen LogP contribution is 2.19. The number of esters is 1. The number of hydrogen-bond acceptors (Lipinski definition) is 8. The number of benzene rings is 1. The van der Waals surface area contributed by atoms with Crippen LogP contribution in [0.1, 0.15) is 78.7 Å². The number of ether oxygens (including phenoxy) is 1. The predicted octanol–water partition coefficient (Wildman–Crippen LogP) is 2.67. The topological polar surface area (TPSA) is 203 Å². The fraction of sp³-hybridized carbons (Fsp3) is 0.545. The summed E-state index contributed by atoms with van der Waals surface area (Å²) in [5, 5.41) is 10.7. The van der Waals surface area contributed by atoms with Crippen molar-refractivity contribution in [3.05, 3.63) is 42.0 Å². The number of nitrogens with two attached hydrogens (primary N) is 1. The minimum atomic E-state index is -0.997. The van der Waals surface area contributed by atoms with Crippen molar-refractivity contribution >= 4 is 47.0 Å². The van der Waals surface area contributed by atoms with Gasteiger partial charge in [-0.3, -0.25) is 28.8 Å². The zero-order valence-corrected chi connectivity index (χ0v) is 27.3. The molecule has 0 aromatic heterocycles. The highest BCUT2D eigenvalue weighted by Gasteiger charge is 2.30. The zero-order chi connectivity index (χ0) is 34.4. The molecule has 2 atom stereocenters. The van der Waals surface area contributed by atoms with Gasteiger partial charge >= 0.3 is 12.0 Å². The van der Waals surface area contributed by atoms with E-state index in [1.165, 1.54) is 12.2 Å². The average molecular weight is 642 g/mol. The number of anilines is 1. The van der Waals surface area contributed by atoms with Gasteiger partial charge in [0.05, 0.1) is 11.3 Å². The van der Waals surface area contributed by atoms with Gasteiger partial charge in [0, 0.05) is 18.7 Å². The molecule has 0 bridgehead atoms. The first kappa shape index (κ1) is 37.6. The molecule has 0 aliphatic heterocycles. The Morgan fingerprint density at radius 3 is 2.09 bits per heavy atom. The molecule has 0 saturated carbocycles. The molecule has 1 aromatic rings. The van der Waals surface area contributed by atoms with Crippen LogP contribution in [-0.4, -0.2) is 59.9 Å². The molecule has 252 valence electrons. The van der Waals surface area contributed by atoms with E-state index in [1.54, 1.807) is 58.9 Å². The van der Waals surface area contributed by atoms with E-state index in [1.807, 2.05) is 0 Å². The summed E-state index contributed by atoms with van der Waals surface area (Å²) in [6.07, 6.45) is 4.46. The van der Waals surface area contributed by atoms with Crippen molar-refractivity contribution < 1.29 is 38.3 Å². The molecule has 1 aliphatic carbocycles. The third-order valence-corrected chi connectivity index (χ3v) is 7.32. The van der Waals surface area contributed by atoms with Crippen LogP contribution >= 0.6 is 0 Å². The molecule has 1 aromatic carbocycles. The van der Waals surface area contributed by atoms with Crippen LogP contribution < -0.4 is 27.0 Å². The zero-order valence-electron chi connectivity index (χ0n) is 27.3. The maximum Gasteiger partial charge on any atom is 0.312 e. The summed E-state index contributed by atoms with van der Waals surface area (Å²) >= 11 is 0. The molecule has 0 spiro atoms. The van der Waals surface area contributed by atoms with Crippen LogP contribution in [-0.2, 0) is 40.1 Å². The summed E-state index contributed by atoms with van der Waals surface area (Å²) in [5.74, 6) is -3.15. The lowest BCUT2D eigenvalue weighted by molar-refractivity contribution is -0.154. The molecule has 13 heteroatoms. The maximum atomic E-state index is 13.3. The Morgan fingerprint density at radius 2 is 1.52 bits per heavy atom. The van der Waals surface area contributed by atoms with Gasteiger partial charge in [0.15, 0.2) is 11.6 Å². The molecular formula is C33H47N5O8. The van der Waals surface area contributed by atoms with Crippen molar-refractivity contribution in [2.45, 2.75) is 91.8 Å². The molecule has 0 fully saturated rings. The molecule has 0 saturated heterocycles. The lowest BCUT2D eigenvalue weighted by Crippen LogP contribution is -2.54. The lowest BCUT2D eigenvalue weighted by Gasteiger charge is -2.25. The van der Waals surface area contributed by atoms with Crippen molar-refractivity contribution in [3.8, 4) is 0 Å². The normalized spacial score (nSPS) is 14.5. The summed E-state index contributed by atoms with van der Waals surface area (Å²) in [6, 6.07) is 4.09. The second-order valence-corrected chi connectivity index (χ2v) is 12.7. The molecule has 0 radical (unpaired) electrons. The Kier molecular flexibility index (Phi) is 14.6. The number of carbonyl (C=O) groups excluding carboxylic acids is 7. The fourth-order valence-corrected chi connectivity index (χ4v) is 4.56. The van der Waals surface area contributed by atoms with Crippen molar-refractivity contribution in [3.63, 3.8) is 0 Å². The Bertz CT molecular complexity index is 1280. The number of hydrogen-bond donors (Lipinski definition) is 5. The summed E-state index contributed by atoms with van der Waals surface area (Å²) in [5.41, 5.74) is 5.68. The molecule has 13 nitrogen and oxygen atoms in total. The Labute approximate surface area is 269 Å². The lowest BCUT2D eigenvalue weighted by atomic mass is 9.97. The van der Waals surface area contributed by atoms with Crippen LogP contribution in [0.15, 0.2) is 36.4 Å². The highest BCUT2D eigenvalue weighted by atomic mass is 16.5. The van der Waals surface area contributed by atoms with E-state index in [9.17, 15) is 33.6 Å². The van der Waals surface area contributed by atoms with Crippen LogP contribution in [0.25, 0.3) is 0 Å². The SMILES string of the molecule is CC(C)[C@@H](NC(=O)CCCCC1C(=O)C=CC1=O)C(=O)N[C@H](CCCNC(N)=O)C(=O)Nc1ccc(COC(=O)C(C)(C)C)cc1. The van der Waals surface area contributed by atoms with E-state index < -0.39 is 41.3 Å². The number of unbranched alkanes of at least 4 members (excludes halogenated alkanes) is 1. The summed E-state index contributed by atoms with van der Waals surface area (Å²) in [7, 11) is 0. The number of urea groups is 1. The van der Waals surface area contributed by atoms with E-state index in [0.717, 1.165) is 5.56 Å². The molecule has 1 aliphatic rings. The van der Waals surface area contributed by atoms with Gasteiger partial charge in [0.1, 0.15) is 18.7 Å². The van der Waals surface area contributed by atoms with Gasteiger partial charge in [0.25, 0.3) is 0 Å². The number of allylic oxidation sites excluding steroid dienone is 2. The minimum absolute atomic E-state index is 0.0789.